The minimum absolute atomic E-state index is 0.0774. The van der Waals surface area contributed by atoms with Gasteiger partial charge < -0.3 is 20.9 Å². The normalized spacial score (nSPS) is 15.1. The van der Waals surface area contributed by atoms with E-state index in [0.29, 0.717) is 18.3 Å². The maximum absolute atomic E-state index is 14.2. The minimum atomic E-state index is -2.08. The van der Waals surface area contributed by atoms with Gasteiger partial charge in [-0.3, -0.25) is 15.1 Å². The van der Waals surface area contributed by atoms with Crippen molar-refractivity contribution in [3.8, 4) is 11.5 Å². The van der Waals surface area contributed by atoms with Gasteiger partial charge in [-0.15, -0.1) is 0 Å². The van der Waals surface area contributed by atoms with Crippen LogP contribution in [0.25, 0.3) is 10.4 Å². The first kappa shape index (κ1) is 39.6. The molecule has 0 spiro atoms. The van der Waals surface area contributed by atoms with Crippen LogP contribution in [0.4, 0.5) is 23.2 Å². The van der Waals surface area contributed by atoms with Crippen molar-refractivity contribution in [1.29, 1.82) is 0 Å². The Balaban J connectivity index is 1.19. The lowest BCUT2D eigenvalue weighted by atomic mass is 9.88. The lowest BCUT2D eigenvalue weighted by Gasteiger charge is -2.18. The fourth-order valence-electron chi connectivity index (χ4n) is 5.97. The van der Waals surface area contributed by atoms with Crippen molar-refractivity contribution in [2.24, 2.45) is 21.6 Å². The Bertz CT molecular complexity index is 1710. The fourth-order valence-corrected chi connectivity index (χ4v) is 5.97. The number of amides is 1. The van der Waals surface area contributed by atoms with Gasteiger partial charge in [0.25, 0.3) is 5.91 Å². The van der Waals surface area contributed by atoms with E-state index >= 15 is 0 Å². The Morgan fingerprint density at radius 3 is 1.98 bits per heavy atom. The molecule has 1 atom stereocenters. The van der Waals surface area contributed by atoms with Crippen LogP contribution in [0.15, 0.2) is 58.6 Å². The summed E-state index contributed by atoms with van der Waals surface area (Å²) in [6.07, 6.45) is 13.4. The highest BCUT2D eigenvalue weighted by Gasteiger charge is 2.29. The van der Waals surface area contributed by atoms with Crippen LogP contribution < -0.4 is 26.3 Å². The number of carbonyl (C=O) groups excluding carboxylic acids is 2. The van der Waals surface area contributed by atoms with Crippen molar-refractivity contribution in [3.63, 3.8) is 0 Å². The molecule has 0 heterocycles. The van der Waals surface area contributed by atoms with Crippen molar-refractivity contribution in [1.82, 2.24) is 5.32 Å². The number of hydrogen-bond donors (Lipinski definition) is 3. The third-order valence-corrected chi connectivity index (χ3v) is 8.87. The molecular formula is C37H43F4N7O4. The summed E-state index contributed by atoms with van der Waals surface area (Å²) < 4.78 is 67.6. The second-order valence-corrected chi connectivity index (χ2v) is 12.7. The van der Waals surface area contributed by atoms with Crippen LogP contribution in [0, 0.1) is 23.3 Å². The first-order valence-electron chi connectivity index (χ1n) is 17.4. The van der Waals surface area contributed by atoms with E-state index in [1.54, 1.807) is 24.3 Å². The molecule has 0 aliphatic heterocycles. The van der Waals surface area contributed by atoms with Crippen LogP contribution in [0.3, 0.4) is 0 Å². The van der Waals surface area contributed by atoms with Gasteiger partial charge in [0.1, 0.15) is 35.4 Å². The summed E-state index contributed by atoms with van der Waals surface area (Å²) in [6, 6.07) is 14.2. The summed E-state index contributed by atoms with van der Waals surface area (Å²) in [5.41, 5.74) is 19.1. The highest BCUT2D eigenvalue weighted by atomic mass is 19.2. The zero-order chi connectivity index (χ0) is 37.5. The second-order valence-electron chi connectivity index (χ2n) is 12.7. The number of nitrogens with two attached hydrogens (primary N) is 2. The van der Waals surface area contributed by atoms with Gasteiger partial charge in [0.2, 0.25) is 0 Å². The molecule has 1 fully saturated rings. The van der Waals surface area contributed by atoms with Crippen molar-refractivity contribution in [2.75, 3.05) is 6.54 Å². The lowest BCUT2D eigenvalue weighted by molar-refractivity contribution is -0.136. The number of esters is 1. The number of benzene rings is 3. The maximum atomic E-state index is 14.2. The van der Waals surface area contributed by atoms with E-state index in [1.165, 1.54) is 69.8 Å². The van der Waals surface area contributed by atoms with Gasteiger partial charge >= 0.3 is 5.97 Å². The van der Waals surface area contributed by atoms with Gasteiger partial charge in [-0.2, -0.15) is 0 Å². The number of nitrogens with zero attached hydrogens (tertiary/aromatic N) is 4. The van der Waals surface area contributed by atoms with Gasteiger partial charge in [-0.25, -0.2) is 22.4 Å². The van der Waals surface area contributed by atoms with E-state index in [2.05, 4.69) is 39.3 Å². The SMILES string of the molecule is [N-]=[N+]=Nc1c(F)c(F)c(C(=O)NC(N)=NCCCC(N)C(=O)Oc2ccc(OCc3ccc(C4CCCCCCCCCC4)cc3)cc2)c(F)c1F. The third kappa shape index (κ3) is 11.4. The Morgan fingerprint density at radius 2 is 1.40 bits per heavy atom. The molecule has 3 aromatic rings. The summed E-state index contributed by atoms with van der Waals surface area (Å²) in [7, 11) is 0. The third-order valence-electron chi connectivity index (χ3n) is 8.87. The van der Waals surface area contributed by atoms with Crippen molar-refractivity contribution in [3.05, 3.63) is 98.9 Å². The highest BCUT2D eigenvalue weighted by molar-refractivity contribution is 6.05. The molecule has 5 N–H and O–H groups in total. The summed E-state index contributed by atoms with van der Waals surface area (Å²) in [4.78, 5) is 30.6. The Labute approximate surface area is 299 Å². The first-order valence-corrected chi connectivity index (χ1v) is 17.4. The van der Waals surface area contributed by atoms with Crippen molar-refractivity contribution < 1.29 is 36.6 Å². The predicted octanol–water partition coefficient (Wildman–Crippen LogP) is 8.52. The van der Waals surface area contributed by atoms with E-state index in [4.69, 9.17) is 26.5 Å². The number of guanidine groups is 1. The van der Waals surface area contributed by atoms with E-state index in [0.717, 1.165) is 5.56 Å². The zero-order valence-electron chi connectivity index (χ0n) is 28.8. The van der Waals surface area contributed by atoms with Gasteiger partial charge in [0.15, 0.2) is 29.2 Å². The second kappa shape index (κ2) is 20.0. The zero-order valence-corrected chi connectivity index (χ0v) is 28.8. The number of hydrogen-bond acceptors (Lipinski definition) is 7. The predicted molar refractivity (Wildman–Crippen MR) is 188 cm³/mol. The smallest absolute Gasteiger partial charge is 0.328 e. The molecule has 1 unspecified atom stereocenters. The molecule has 1 amide bonds. The summed E-state index contributed by atoms with van der Waals surface area (Å²) in [5.74, 6) is -9.76. The maximum Gasteiger partial charge on any atom is 0.328 e. The number of aliphatic imine (C=N–C) groups is 1. The molecule has 278 valence electrons. The van der Waals surface area contributed by atoms with Gasteiger partial charge in [-0.1, -0.05) is 80.7 Å². The Morgan fingerprint density at radius 1 is 0.846 bits per heavy atom. The van der Waals surface area contributed by atoms with Crippen LogP contribution in [0.5, 0.6) is 11.5 Å². The van der Waals surface area contributed by atoms with Gasteiger partial charge in [0, 0.05) is 11.5 Å². The molecule has 0 radical (unpaired) electrons. The molecular weight excluding hydrogens is 682 g/mol. The van der Waals surface area contributed by atoms with E-state index in [-0.39, 0.29) is 25.1 Å². The quantitative estimate of drug-likeness (QED) is 0.0161. The summed E-state index contributed by atoms with van der Waals surface area (Å²) in [5, 5.41) is 4.36. The molecule has 1 saturated carbocycles. The monoisotopic (exact) mass is 725 g/mol. The van der Waals surface area contributed by atoms with E-state index in [9.17, 15) is 27.2 Å². The number of ether oxygens (including phenoxy) is 2. The topological polar surface area (TPSA) is 178 Å². The number of nitrogens with one attached hydrogen (secondary N) is 1. The van der Waals surface area contributed by atoms with E-state index in [1.807, 2.05) is 5.32 Å². The molecule has 1 aliphatic rings. The lowest BCUT2D eigenvalue weighted by Crippen LogP contribution is -2.38. The molecule has 11 nitrogen and oxygen atoms in total. The van der Waals surface area contributed by atoms with Crippen LogP contribution >= 0.6 is 0 Å². The molecule has 4 rings (SSSR count). The first-order chi connectivity index (χ1) is 25.1. The van der Waals surface area contributed by atoms with Gasteiger partial charge in [-0.05, 0) is 72.5 Å². The van der Waals surface area contributed by atoms with Gasteiger partial charge in [0.05, 0.1) is 0 Å². The number of rotatable bonds is 12. The Kier molecular flexibility index (Phi) is 15.3. The van der Waals surface area contributed by atoms with Crippen LogP contribution in [0.1, 0.15) is 104 Å². The number of halogens is 4. The number of azide groups is 1. The molecule has 52 heavy (non-hydrogen) atoms. The van der Waals surface area contributed by atoms with E-state index < -0.39 is 58.4 Å². The van der Waals surface area contributed by atoms with Crippen LogP contribution in [0.2, 0.25) is 0 Å². The van der Waals surface area contributed by atoms with Crippen LogP contribution in [-0.2, 0) is 11.4 Å². The number of carbonyl (C=O) groups is 2. The molecule has 0 aromatic heterocycles. The highest BCUT2D eigenvalue weighted by Crippen LogP contribution is 2.32. The molecule has 0 saturated heterocycles. The minimum Gasteiger partial charge on any atom is -0.489 e. The molecule has 3 aromatic carbocycles. The standard InChI is InChI=1S/C37H43F4N7O4/c38-30-29(31(39)33(41)34(32(30)40)47-48-44)35(49)46-37(43)45-21-9-12-28(42)36(50)52-27-19-17-26(18-20-27)51-22-23-13-15-25(16-14-23)24-10-7-5-3-1-2-4-6-8-11-24/h13-20,24,28H,1-12,21-22,42H2,(H3,43,45,46,49). The Hall–Kier alpha value is -5.14. The van der Waals surface area contributed by atoms with Crippen molar-refractivity contribution in [2.45, 2.75) is 95.6 Å². The average Bonchev–Trinajstić information content (AvgIpc) is 3.20. The summed E-state index contributed by atoms with van der Waals surface area (Å²) in [6.45, 7) is 0.314. The van der Waals surface area contributed by atoms with Crippen molar-refractivity contribution >= 4 is 23.5 Å². The average molecular weight is 726 g/mol. The molecule has 15 heteroatoms. The molecule has 0 bridgehead atoms. The fraction of sp³-hybridized carbons (Fsp3) is 0.432. The summed E-state index contributed by atoms with van der Waals surface area (Å²) >= 11 is 0. The van der Waals surface area contributed by atoms with Crippen LogP contribution in [-0.4, -0.2) is 30.4 Å². The molecule has 1 aliphatic carbocycles. The largest absolute Gasteiger partial charge is 0.489 e.